The first-order chi connectivity index (χ1) is 9.06. The van der Waals surface area contributed by atoms with Crippen molar-refractivity contribution in [2.75, 3.05) is 11.1 Å². The molecule has 0 spiro atoms. The Balaban J connectivity index is 2.25. The summed E-state index contributed by atoms with van der Waals surface area (Å²) >= 11 is 0. The lowest BCUT2D eigenvalue weighted by Crippen LogP contribution is -2.10. The van der Waals surface area contributed by atoms with Crippen LogP contribution < -0.4 is 15.8 Å². The highest BCUT2D eigenvalue weighted by atomic mass is 19.1. The average molecular weight is 262 g/mol. The molecule has 1 aromatic heterocycles. The summed E-state index contributed by atoms with van der Waals surface area (Å²) in [5.74, 6) is 0.358. The van der Waals surface area contributed by atoms with Crippen LogP contribution in [0.5, 0.6) is 5.88 Å². The van der Waals surface area contributed by atoms with E-state index < -0.39 is 0 Å². The molecule has 0 radical (unpaired) electrons. The standard InChI is InChI=1S/C13H15FN4O/c1-8(2)19-13-11(15)12(16-7-17-13)18-10-5-3-4-9(14)6-10/h3-8H,15H2,1-2H3,(H,16,17,18). The molecule has 2 aromatic rings. The molecule has 100 valence electrons. The van der Waals surface area contributed by atoms with Crippen molar-refractivity contribution in [2.24, 2.45) is 0 Å². The van der Waals surface area contributed by atoms with E-state index in [-0.39, 0.29) is 11.9 Å². The molecule has 0 bridgehead atoms. The Morgan fingerprint density at radius 2 is 2.11 bits per heavy atom. The van der Waals surface area contributed by atoms with Gasteiger partial charge in [0.05, 0.1) is 6.10 Å². The van der Waals surface area contributed by atoms with Crippen LogP contribution in [0.15, 0.2) is 30.6 Å². The molecule has 0 aliphatic carbocycles. The normalized spacial score (nSPS) is 10.5. The third-order valence-corrected chi connectivity index (χ3v) is 2.28. The molecule has 0 saturated heterocycles. The minimum atomic E-state index is -0.337. The number of aromatic nitrogens is 2. The van der Waals surface area contributed by atoms with E-state index >= 15 is 0 Å². The maximum Gasteiger partial charge on any atom is 0.242 e. The summed E-state index contributed by atoms with van der Waals surface area (Å²) in [7, 11) is 0. The summed E-state index contributed by atoms with van der Waals surface area (Å²) in [6.45, 7) is 3.75. The van der Waals surface area contributed by atoms with Gasteiger partial charge in [-0.25, -0.2) is 9.37 Å². The molecular formula is C13H15FN4O. The van der Waals surface area contributed by atoms with E-state index in [1.54, 1.807) is 12.1 Å². The van der Waals surface area contributed by atoms with E-state index in [4.69, 9.17) is 10.5 Å². The zero-order valence-electron chi connectivity index (χ0n) is 10.7. The summed E-state index contributed by atoms with van der Waals surface area (Å²) in [5, 5.41) is 2.93. The van der Waals surface area contributed by atoms with Crippen molar-refractivity contribution >= 4 is 17.2 Å². The van der Waals surface area contributed by atoms with E-state index in [0.29, 0.717) is 23.1 Å². The van der Waals surface area contributed by atoms with E-state index in [1.165, 1.54) is 18.5 Å². The quantitative estimate of drug-likeness (QED) is 0.886. The second kappa shape index (κ2) is 5.51. The van der Waals surface area contributed by atoms with Gasteiger partial charge in [0.15, 0.2) is 5.82 Å². The second-order valence-electron chi connectivity index (χ2n) is 4.24. The minimum Gasteiger partial charge on any atom is -0.473 e. The Kier molecular flexibility index (Phi) is 3.79. The molecule has 0 fully saturated rings. The Labute approximate surface area is 110 Å². The number of hydrogen-bond acceptors (Lipinski definition) is 5. The fraction of sp³-hybridized carbons (Fsp3) is 0.231. The third-order valence-electron chi connectivity index (χ3n) is 2.28. The lowest BCUT2D eigenvalue weighted by atomic mass is 10.3. The Morgan fingerprint density at radius 1 is 1.32 bits per heavy atom. The van der Waals surface area contributed by atoms with Gasteiger partial charge in [0.25, 0.3) is 0 Å². The highest BCUT2D eigenvalue weighted by Gasteiger charge is 2.11. The van der Waals surface area contributed by atoms with Gasteiger partial charge in [0.1, 0.15) is 17.8 Å². The van der Waals surface area contributed by atoms with Crippen molar-refractivity contribution in [1.29, 1.82) is 0 Å². The number of ether oxygens (including phenoxy) is 1. The molecule has 6 heteroatoms. The van der Waals surface area contributed by atoms with Gasteiger partial charge in [-0.15, -0.1) is 0 Å². The van der Waals surface area contributed by atoms with Gasteiger partial charge in [0, 0.05) is 5.69 Å². The molecule has 19 heavy (non-hydrogen) atoms. The molecule has 0 unspecified atom stereocenters. The van der Waals surface area contributed by atoms with Crippen LogP contribution in [0, 0.1) is 5.82 Å². The molecule has 5 nitrogen and oxygen atoms in total. The van der Waals surface area contributed by atoms with Gasteiger partial charge in [-0.3, -0.25) is 0 Å². The predicted molar refractivity (Wildman–Crippen MR) is 71.9 cm³/mol. The van der Waals surface area contributed by atoms with Gasteiger partial charge < -0.3 is 15.8 Å². The first-order valence-corrected chi connectivity index (χ1v) is 5.86. The molecular weight excluding hydrogens is 247 g/mol. The fourth-order valence-electron chi connectivity index (χ4n) is 1.50. The van der Waals surface area contributed by atoms with E-state index in [9.17, 15) is 4.39 Å². The van der Waals surface area contributed by atoms with Crippen molar-refractivity contribution in [3.8, 4) is 5.88 Å². The van der Waals surface area contributed by atoms with Gasteiger partial charge in [0.2, 0.25) is 5.88 Å². The number of rotatable bonds is 4. The molecule has 0 amide bonds. The van der Waals surface area contributed by atoms with Gasteiger partial charge in [-0.1, -0.05) is 6.07 Å². The van der Waals surface area contributed by atoms with Crippen LogP contribution in [0.25, 0.3) is 0 Å². The summed E-state index contributed by atoms with van der Waals surface area (Å²) in [5.41, 5.74) is 6.76. The molecule has 0 aliphatic rings. The lowest BCUT2D eigenvalue weighted by Gasteiger charge is -2.13. The lowest BCUT2D eigenvalue weighted by molar-refractivity contribution is 0.234. The fourth-order valence-corrected chi connectivity index (χ4v) is 1.50. The Morgan fingerprint density at radius 3 is 2.79 bits per heavy atom. The monoisotopic (exact) mass is 262 g/mol. The number of nitrogen functional groups attached to an aromatic ring is 1. The first-order valence-electron chi connectivity index (χ1n) is 5.86. The Hall–Kier alpha value is -2.37. The zero-order chi connectivity index (χ0) is 13.8. The summed E-state index contributed by atoms with van der Waals surface area (Å²) in [6.07, 6.45) is 1.30. The van der Waals surface area contributed by atoms with Crippen molar-refractivity contribution in [3.05, 3.63) is 36.4 Å². The maximum atomic E-state index is 13.1. The number of halogens is 1. The minimum absolute atomic E-state index is 0.0424. The zero-order valence-corrected chi connectivity index (χ0v) is 10.7. The number of nitrogens with one attached hydrogen (secondary N) is 1. The van der Waals surface area contributed by atoms with Crippen LogP contribution >= 0.6 is 0 Å². The average Bonchev–Trinajstić information content (AvgIpc) is 2.34. The van der Waals surface area contributed by atoms with E-state index in [1.807, 2.05) is 13.8 Å². The highest BCUT2D eigenvalue weighted by Crippen LogP contribution is 2.28. The maximum absolute atomic E-state index is 13.1. The SMILES string of the molecule is CC(C)Oc1ncnc(Nc2cccc(F)c2)c1N. The smallest absolute Gasteiger partial charge is 0.242 e. The predicted octanol–water partition coefficient (Wildman–Crippen LogP) is 2.73. The molecule has 0 aliphatic heterocycles. The van der Waals surface area contributed by atoms with Crippen LogP contribution in [-0.2, 0) is 0 Å². The molecule has 3 N–H and O–H groups in total. The van der Waals surface area contributed by atoms with E-state index in [0.717, 1.165) is 0 Å². The van der Waals surface area contributed by atoms with E-state index in [2.05, 4.69) is 15.3 Å². The number of hydrogen-bond donors (Lipinski definition) is 2. The molecule has 1 heterocycles. The van der Waals surface area contributed by atoms with Crippen molar-refractivity contribution in [3.63, 3.8) is 0 Å². The van der Waals surface area contributed by atoms with Crippen molar-refractivity contribution in [2.45, 2.75) is 20.0 Å². The Bertz CT molecular complexity index is 574. The second-order valence-corrected chi connectivity index (χ2v) is 4.24. The number of nitrogens with zero attached hydrogens (tertiary/aromatic N) is 2. The van der Waals surface area contributed by atoms with Crippen molar-refractivity contribution in [1.82, 2.24) is 9.97 Å². The first kappa shape index (κ1) is 13.1. The van der Waals surface area contributed by atoms with Crippen LogP contribution in [0.1, 0.15) is 13.8 Å². The van der Waals surface area contributed by atoms with Crippen LogP contribution in [-0.4, -0.2) is 16.1 Å². The number of benzene rings is 1. The molecule has 0 atom stereocenters. The van der Waals surface area contributed by atoms with Gasteiger partial charge in [-0.2, -0.15) is 4.98 Å². The largest absolute Gasteiger partial charge is 0.473 e. The third kappa shape index (κ3) is 3.31. The summed E-state index contributed by atoms with van der Waals surface area (Å²) in [4.78, 5) is 7.99. The van der Waals surface area contributed by atoms with Crippen LogP contribution in [0.4, 0.5) is 21.6 Å². The molecule has 2 rings (SSSR count). The molecule has 0 saturated carbocycles. The van der Waals surface area contributed by atoms with Crippen LogP contribution in [0.3, 0.4) is 0 Å². The van der Waals surface area contributed by atoms with Crippen molar-refractivity contribution < 1.29 is 9.13 Å². The number of nitrogens with two attached hydrogens (primary N) is 1. The summed E-state index contributed by atoms with van der Waals surface area (Å²) in [6, 6.07) is 6.03. The topological polar surface area (TPSA) is 73.1 Å². The number of anilines is 3. The highest BCUT2D eigenvalue weighted by molar-refractivity contribution is 5.72. The van der Waals surface area contributed by atoms with Crippen LogP contribution in [0.2, 0.25) is 0 Å². The van der Waals surface area contributed by atoms with Gasteiger partial charge in [-0.05, 0) is 32.0 Å². The van der Waals surface area contributed by atoms with Gasteiger partial charge >= 0.3 is 0 Å². The summed E-state index contributed by atoms with van der Waals surface area (Å²) < 4.78 is 18.5. The molecule has 1 aromatic carbocycles.